The minimum Gasteiger partial charge on any atom is -0.298 e. The van der Waals surface area contributed by atoms with Crippen LogP contribution < -0.4 is 0 Å². The second-order valence-corrected chi connectivity index (χ2v) is 7.33. The maximum Gasteiger partial charge on any atom is 0.192 e. The van der Waals surface area contributed by atoms with Gasteiger partial charge in [-0.1, -0.05) is 65.3 Å². The summed E-state index contributed by atoms with van der Waals surface area (Å²) in [7, 11) is 0. The Hall–Kier alpha value is -1.75. The van der Waals surface area contributed by atoms with Crippen LogP contribution >= 0.6 is 35.0 Å². The molecule has 0 atom stereocenters. The highest BCUT2D eigenvalue weighted by molar-refractivity contribution is 7.98. The smallest absolute Gasteiger partial charge is 0.192 e. The third kappa shape index (κ3) is 4.09. The highest BCUT2D eigenvalue weighted by Gasteiger charge is 2.16. The number of aryl methyl sites for hydroxylation is 1. The second kappa shape index (κ2) is 8.09. The molecule has 2 aromatic carbocycles. The van der Waals surface area contributed by atoms with E-state index in [4.69, 9.17) is 23.2 Å². The van der Waals surface area contributed by atoms with E-state index in [9.17, 15) is 0 Å². The van der Waals surface area contributed by atoms with E-state index < -0.39 is 0 Å². The molecule has 1 heterocycles. The largest absolute Gasteiger partial charge is 0.298 e. The Morgan fingerprint density at radius 3 is 2.68 bits per heavy atom. The molecular weight excluding hydrogens is 373 g/mol. The molecule has 6 heteroatoms. The Morgan fingerprint density at radius 1 is 1.16 bits per heavy atom. The van der Waals surface area contributed by atoms with Gasteiger partial charge >= 0.3 is 0 Å². The lowest BCUT2D eigenvalue weighted by atomic mass is 10.1. The van der Waals surface area contributed by atoms with Gasteiger partial charge < -0.3 is 0 Å². The first-order valence-corrected chi connectivity index (χ1v) is 9.51. The molecule has 0 saturated carbocycles. The number of hydrogen-bond acceptors (Lipinski definition) is 3. The zero-order valence-corrected chi connectivity index (χ0v) is 16.1. The van der Waals surface area contributed by atoms with Gasteiger partial charge in [-0.3, -0.25) is 4.57 Å². The van der Waals surface area contributed by atoms with Crippen LogP contribution in [-0.4, -0.2) is 14.8 Å². The van der Waals surface area contributed by atoms with Crippen molar-refractivity contribution in [2.45, 2.75) is 24.4 Å². The third-order valence-corrected chi connectivity index (χ3v) is 5.38. The van der Waals surface area contributed by atoms with Crippen LogP contribution in [0, 0.1) is 6.92 Å². The van der Waals surface area contributed by atoms with Crippen LogP contribution in [0.3, 0.4) is 0 Å². The van der Waals surface area contributed by atoms with E-state index in [-0.39, 0.29) is 0 Å². The molecule has 0 fully saturated rings. The minimum absolute atomic E-state index is 0.556. The zero-order chi connectivity index (χ0) is 17.8. The number of rotatable bonds is 6. The van der Waals surface area contributed by atoms with Crippen molar-refractivity contribution >= 4 is 35.0 Å². The fourth-order valence-corrected chi connectivity index (χ4v) is 3.99. The maximum absolute atomic E-state index is 6.34. The molecule has 0 amide bonds. The van der Waals surface area contributed by atoms with E-state index in [1.54, 1.807) is 23.9 Å². The summed E-state index contributed by atoms with van der Waals surface area (Å²) in [5.74, 6) is 1.55. The van der Waals surface area contributed by atoms with E-state index in [0.717, 1.165) is 16.5 Å². The standard InChI is InChI=1S/C19H17Cl2N3S/c1-3-10-24-18(16-9-8-15(20)11-17(16)21)22-23-19(24)25-12-14-7-5-4-6-13(14)2/h3-9,11H,1,10,12H2,2H3. The molecular formula is C19H17Cl2N3S. The molecule has 3 rings (SSSR count). The molecule has 128 valence electrons. The van der Waals surface area contributed by atoms with Gasteiger partial charge in [-0.25, -0.2) is 0 Å². The average molecular weight is 390 g/mol. The summed E-state index contributed by atoms with van der Waals surface area (Å²) in [6, 6.07) is 13.7. The first-order valence-electron chi connectivity index (χ1n) is 7.77. The van der Waals surface area contributed by atoms with Crippen LogP contribution in [0.25, 0.3) is 11.4 Å². The Bertz CT molecular complexity index is 905. The molecule has 1 aromatic heterocycles. The Balaban J connectivity index is 1.92. The molecule has 0 unspecified atom stereocenters. The van der Waals surface area contributed by atoms with Gasteiger partial charge in [-0.2, -0.15) is 0 Å². The third-order valence-electron chi connectivity index (χ3n) is 3.82. The van der Waals surface area contributed by atoms with Gasteiger partial charge in [-0.05, 0) is 36.2 Å². The second-order valence-electron chi connectivity index (χ2n) is 5.54. The predicted molar refractivity (Wildman–Crippen MR) is 106 cm³/mol. The minimum atomic E-state index is 0.556. The highest BCUT2D eigenvalue weighted by atomic mass is 35.5. The Kier molecular flexibility index (Phi) is 5.84. The number of hydrogen-bond donors (Lipinski definition) is 0. The van der Waals surface area contributed by atoms with Crippen molar-refractivity contribution in [1.29, 1.82) is 0 Å². The molecule has 0 aliphatic heterocycles. The molecule has 3 aromatic rings. The molecule has 0 radical (unpaired) electrons. The molecule has 0 N–H and O–H groups in total. The van der Waals surface area contributed by atoms with Crippen molar-refractivity contribution in [3.8, 4) is 11.4 Å². The summed E-state index contributed by atoms with van der Waals surface area (Å²) in [6.07, 6.45) is 1.83. The number of halogens is 2. The summed E-state index contributed by atoms with van der Waals surface area (Å²) in [5.41, 5.74) is 3.36. The summed E-state index contributed by atoms with van der Waals surface area (Å²) in [5, 5.41) is 10.7. The van der Waals surface area contributed by atoms with Crippen molar-refractivity contribution in [3.63, 3.8) is 0 Å². The van der Waals surface area contributed by atoms with Gasteiger partial charge in [0, 0.05) is 22.9 Å². The molecule has 3 nitrogen and oxygen atoms in total. The lowest BCUT2D eigenvalue weighted by Crippen LogP contribution is -2.01. The summed E-state index contributed by atoms with van der Waals surface area (Å²) in [4.78, 5) is 0. The monoisotopic (exact) mass is 389 g/mol. The SMILES string of the molecule is C=CCn1c(SCc2ccccc2C)nnc1-c1ccc(Cl)cc1Cl. The highest BCUT2D eigenvalue weighted by Crippen LogP contribution is 2.32. The fraction of sp³-hybridized carbons (Fsp3) is 0.158. The topological polar surface area (TPSA) is 30.7 Å². The summed E-state index contributed by atoms with van der Waals surface area (Å²) >= 11 is 14.0. The lowest BCUT2D eigenvalue weighted by Gasteiger charge is -2.10. The molecule has 0 aliphatic rings. The van der Waals surface area contributed by atoms with Crippen LogP contribution in [0.15, 0.2) is 60.3 Å². The molecule has 25 heavy (non-hydrogen) atoms. The van der Waals surface area contributed by atoms with Crippen molar-refractivity contribution < 1.29 is 0 Å². The number of nitrogens with zero attached hydrogens (tertiary/aromatic N) is 3. The number of aromatic nitrogens is 3. The molecule has 0 aliphatic carbocycles. The summed E-state index contributed by atoms with van der Waals surface area (Å²) < 4.78 is 2.02. The van der Waals surface area contributed by atoms with Crippen LogP contribution in [0.1, 0.15) is 11.1 Å². The van der Waals surface area contributed by atoms with E-state index in [0.29, 0.717) is 22.4 Å². The van der Waals surface area contributed by atoms with Crippen LogP contribution in [0.5, 0.6) is 0 Å². The number of benzene rings is 2. The Morgan fingerprint density at radius 2 is 1.96 bits per heavy atom. The number of thioether (sulfide) groups is 1. The van der Waals surface area contributed by atoms with Crippen LogP contribution in [-0.2, 0) is 12.3 Å². The van der Waals surface area contributed by atoms with Gasteiger partial charge in [0.05, 0.1) is 5.02 Å². The summed E-state index contributed by atoms with van der Waals surface area (Å²) in [6.45, 7) is 6.56. The first kappa shape index (κ1) is 18.1. The fourth-order valence-electron chi connectivity index (χ4n) is 2.47. The first-order chi connectivity index (χ1) is 12.1. The van der Waals surface area contributed by atoms with E-state index in [2.05, 4.69) is 41.9 Å². The van der Waals surface area contributed by atoms with E-state index >= 15 is 0 Å². The van der Waals surface area contributed by atoms with Crippen molar-refractivity contribution in [3.05, 3.63) is 76.3 Å². The Labute approximate surface area is 161 Å². The maximum atomic E-state index is 6.34. The van der Waals surface area contributed by atoms with Crippen molar-refractivity contribution in [2.75, 3.05) is 0 Å². The van der Waals surface area contributed by atoms with E-state index in [1.165, 1.54) is 11.1 Å². The van der Waals surface area contributed by atoms with Crippen LogP contribution in [0.4, 0.5) is 0 Å². The van der Waals surface area contributed by atoms with Crippen molar-refractivity contribution in [1.82, 2.24) is 14.8 Å². The zero-order valence-electron chi connectivity index (χ0n) is 13.7. The molecule has 0 saturated heterocycles. The van der Waals surface area contributed by atoms with Gasteiger partial charge in [0.15, 0.2) is 11.0 Å². The average Bonchev–Trinajstić information content (AvgIpc) is 2.97. The number of allylic oxidation sites excluding steroid dienone is 1. The van der Waals surface area contributed by atoms with Crippen LogP contribution in [0.2, 0.25) is 10.0 Å². The van der Waals surface area contributed by atoms with Crippen molar-refractivity contribution in [2.24, 2.45) is 0 Å². The van der Waals surface area contributed by atoms with Gasteiger partial charge in [-0.15, -0.1) is 16.8 Å². The quantitative estimate of drug-likeness (QED) is 0.380. The van der Waals surface area contributed by atoms with E-state index in [1.807, 2.05) is 22.8 Å². The van der Waals surface area contributed by atoms with Gasteiger partial charge in [0.1, 0.15) is 0 Å². The molecule has 0 bridgehead atoms. The lowest BCUT2D eigenvalue weighted by molar-refractivity contribution is 0.731. The normalized spacial score (nSPS) is 10.8. The van der Waals surface area contributed by atoms with Gasteiger partial charge in [0.25, 0.3) is 0 Å². The molecule has 0 spiro atoms. The predicted octanol–water partition coefficient (Wildman–Crippen LogP) is 6.04. The van der Waals surface area contributed by atoms with Gasteiger partial charge in [0.2, 0.25) is 0 Å².